The Labute approximate surface area is 194 Å². The second-order valence-electron chi connectivity index (χ2n) is 7.82. The molecule has 0 fully saturated rings. The fourth-order valence-electron chi connectivity index (χ4n) is 3.68. The largest absolute Gasteiger partial charge is 0.352 e. The fourth-order valence-corrected chi connectivity index (χ4v) is 3.68. The highest BCUT2D eigenvalue weighted by Crippen LogP contribution is 2.20. The number of hydrogen-bond acceptors (Lipinski definition) is 2. The summed E-state index contributed by atoms with van der Waals surface area (Å²) in [6, 6.07) is 35.2. The van der Waals surface area contributed by atoms with Crippen LogP contribution in [0.4, 0.5) is 5.69 Å². The summed E-state index contributed by atoms with van der Waals surface area (Å²) in [7, 11) is 0. The van der Waals surface area contributed by atoms with Crippen LogP contribution in [0.2, 0.25) is 0 Å². The first-order valence-electron chi connectivity index (χ1n) is 11.0. The van der Waals surface area contributed by atoms with Gasteiger partial charge in [0.1, 0.15) is 0 Å². The molecule has 0 saturated carbocycles. The van der Waals surface area contributed by atoms with Crippen LogP contribution in [0.5, 0.6) is 0 Å². The van der Waals surface area contributed by atoms with Crippen molar-refractivity contribution in [3.63, 3.8) is 0 Å². The zero-order valence-electron chi connectivity index (χ0n) is 18.3. The van der Waals surface area contributed by atoms with E-state index in [1.807, 2.05) is 78.9 Å². The van der Waals surface area contributed by atoms with Crippen LogP contribution in [0.15, 0.2) is 109 Å². The van der Waals surface area contributed by atoms with E-state index in [1.54, 1.807) is 18.2 Å². The molecule has 0 aliphatic rings. The Morgan fingerprint density at radius 2 is 1.21 bits per heavy atom. The Bertz CT molecular complexity index is 1200. The van der Waals surface area contributed by atoms with Gasteiger partial charge in [-0.2, -0.15) is 0 Å². The second kappa shape index (κ2) is 10.9. The summed E-state index contributed by atoms with van der Waals surface area (Å²) < 4.78 is 0. The van der Waals surface area contributed by atoms with Crippen molar-refractivity contribution in [1.82, 2.24) is 5.32 Å². The molecule has 0 aliphatic carbocycles. The Morgan fingerprint density at radius 1 is 0.606 bits per heavy atom. The molecule has 0 saturated heterocycles. The van der Waals surface area contributed by atoms with Gasteiger partial charge in [0, 0.05) is 6.54 Å². The average molecular weight is 435 g/mol. The summed E-state index contributed by atoms with van der Waals surface area (Å²) in [6.07, 6.45) is 0.985. The third-order valence-corrected chi connectivity index (χ3v) is 5.41. The van der Waals surface area contributed by atoms with Gasteiger partial charge in [-0.3, -0.25) is 9.59 Å². The van der Waals surface area contributed by atoms with E-state index in [1.165, 1.54) is 0 Å². The summed E-state index contributed by atoms with van der Waals surface area (Å²) >= 11 is 0. The van der Waals surface area contributed by atoms with E-state index in [9.17, 15) is 9.59 Å². The number of amides is 2. The molecule has 0 spiro atoms. The molecule has 0 radical (unpaired) electrons. The van der Waals surface area contributed by atoms with Gasteiger partial charge in [0.05, 0.1) is 17.7 Å². The Hall–Kier alpha value is -4.18. The van der Waals surface area contributed by atoms with Crippen LogP contribution in [0.25, 0.3) is 11.1 Å². The van der Waals surface area contributed by atoms with E-state index in [0.717, 1.165) is 28.7 Å². The van der Waals surface area contributed by atoms with Crippen molar-refractivity contribution in [2.75, 3.05) is 11.9 Å². The highest BCUT2D eigenvalue weighted by atomic mass is 16.2. The third-order valence-electron chi connectivity index (χ3n) is 5.41. The number of anilines is 1. The molecule has 4 aromatic rings. The normalized spacial score (nSPS) is 10.4. The van der Waals surface area contributed by atoms with E-state index >= 15 is 0 Å². The van der Waals surface area contributed by atoms with E-state index in [2.05, 4.69) is 22.8 Å². The Kier molecular flexibility index (Phi) is 7.29. The van der Waals surface area contributed by atoms with Crippen LogP contribution < -0.4 is 10.6 Å². The van der Waals surface area contributed by atoms with Crippen molar-refractivity contribution in [3.05, 3.63) is 126 Å². The molecule has 4 aromatic carbocycles. The number of carbonyl (C=O) groups excluding carboxylic acids is 2. The molecule has 0 unspecified atom stereocenters. The van der Waals surface area contributed by atoms with Crippen molar-refractivity contribution >= 4 is 17.5 Å². The van der Waals surface area contributed by atoms with E-state index in [4.69, 9.17) is 0 Å². The molecule has 4 rings (SSSR count). The molecule has 4 heteroatoms. The Morgan fingerprint density at radius 3 is 1.94 bits per heavy atom. The summed E-state index contributed by atoms with van der Waals surface area (Å²) in [5.41, 5.74) is 5.30. The maximum Gasteiger partial charge on any atom is 0.253 e. The smallest absolute Gasteiger partial charge is 0.253 e. The van der Waals surface area contributed by atoms with E-state index < -0.39 is 0 Å². The number of hydrogen-bond donors (Lipinski definition) is 2. The molecule has 0 aromatic heterocycles. The van der Waals surface area contributed by atoms with Crippen molar-refractivity contribution in [1.29, 1.82) is 0 Å². The summed E-state index contributed by atoms with van der Waals surface area (Å²) in [6.45, 7) is 0.527. The highest BCUT2D eigenvalue weighted by molar-refractivity contribution is 6.04. The van der Waals surface area contributed by atoms with Crippen molar-refractivity contribution in [2.45, 2.75) is 12.8 Å². The number of carbonyl (C=O) groups is 2. The van der Waals surface area contributed by atoms with Gasteiger partial charge in [0.15, 0.2) is 0 Å². The first-order valence-corrected chi connectivity index (χ1v) is 11.0. The van der Waals surface area contributed by atoms with E-state index in [0.29, 0.717) is 17.8 Å². The SMILES string of the molecule is O=C(Cc1ccc(-c2ccccc2)cc1)Nc1ccccc1C(=O)NCCc1ccccc1. The predicted molar refractivity (Wildman–Crippen MR) is 133 cm³/mol. The van der Waals surface area contributed by atoms with Gasteiger partial charge in [-0.05, 0) is 40.8 Å². The van der Waals surface area contributed by atoms with Crippen LogP contribution in [0, 0.1) is 0 Å². The number of benzene rings is 4. The lowest BCUT2D eigenvalue weighted by Crippen LogP contribution is -2.27. The summed E-state index contributed by atoms with van der Waals surface area (Å²) in [4.78, 5) is 25.4. The molecule has 0 aliphatic heterocycles. The van der Waals surface area contributed by atoms with Crippen molar-refractivity contribution < 1.29 is 9.59 Å². The van der Waals surface area contributed by atoms with E-state index in [-0.39, 0.29) is 18.2 Å². The van der Waals surface area contributed by atoms with Crippen molar-refractivity contribution in [3.8, 4) is 11.1 Å². The molecule has 4 nitrogen and oxygen atoms in total. The zero-order valence-corrected chi connectivity index (χ0v) is 18.3. The zero-order chi connectivity index (χ0) is 22.9. The van der Waals surface area contributed by atoms with Crippen LogP contribution >= 0.6 is 0 Å². The van der Waals surface area contributed by atoms with Gasteiger partial charge in [0.2, 0.25) is 5.91 Å². The van der Waals surface area contributed by atoms with Gasteiger partial charge in [-0.1, -0.05) is 97.1 Å². The third kappa shape index (κ3) is 6.17. The van der Waals surface area contributed by atoms with Gasteiger partial charge < -0.3 is 10.6 Å². The maximum atomic E-state index is 12.7. The van der Waals surface area contributed by atoms with Crippen LogP contribution in [0.3, 0.4) is 0 Å². The van der Waals surface area contributed by atoms with Crippen LogP contribution in [-0.2, 0) is 17.6 Å². The monoisotopic (exact) mass is 434 g/mol. The number of nitrogens with one attached hydrogen (secondary N) is 2. The summed E-state index contributed by atoms with van der Waals surface area (Å²) in [5.74, 6) is -0.360. The minimum absolute atomic E-state index is 0.160. The molecule has 0 atom stereocenters. The standard InChI is InChI=1S/C29H26N2O2/c32-28(21-23-15-17-25(18-16-23)24-11-5-2-6-12-24)31-27-14-8-7-13-26(27)29(33)30-20-19-22-9-3-1-4-10-22/h1-18H,19-21H2,(H,30,33)(H,31,32). The number of rotatable bonds is 8. The van der Waals surface area contributed by atoms with Crippen LogP contribution in [0.1, 0.15) is 21.5 Å². The molecular weight excluding hydrogens is 408 g/mol. The predicted octanol–water partition coefficient (Wildman–Crippen LogP) is 5.51. The molecule has 164 valence electrons. The van der Waals surface area contributed by atoms with Gasteiger partial charge >= 0.3 is 0 Å². The molecule has 2 amide bonds. The van der Waals surface area contributed by atoms with Gasteiger partial charge in [-0.15, -0.1) is 0 Å². The molecule has 2 N–H and O–H groups in total. The topological polar surface area (TPSA) is 58.2 Å². The maximum absolute atomic E-state index is 12.7. The first-order chi connectivity index (χ1) is 16.2. The van der Waals surface area contributed by atoms with Crippen molar-refractivity contribution in [2.24, 2.45) is 0 Å². The fraction of sp³-hybridized carbons (Fsp3) is 0.103. The Balaban J connectivity index is 1.35. The molecule has 0 heterocycles. The lowest BCUT2D eigenvalue weighted by molar-refractivity contribution is -0.115. The second-order valence-corrected chi connectivity index (χ2v) is 7.82. The summed E-state index contributed by atoms with van der Waals surface area (Å²) in [5, 5.41) is 5.84. The highest BCUT2D eigenvalue weighted by Gasteiger charge is 2.13. The molecule has 33 heavy (non-hydrogen) atoms. The quantitative estimate of drug-likeness (QED) is 0.384. The minimum atomic E-state index is -0.200. The number of para-hydroxylation sites is 1. The molecule has 0 bridgehead atoms. The minimum Gasteiger partial charge on any atom is -0.352 e. The van der Waals surface area contributed by atoms with Crippen LogP contribution in [-0.4, -0.2) is 18.4 Å². The molecular formula is C29H26N2O2. The lowest BCUT2D eigenvalue weighted by atomic mass is 10.0. The van der Waals surface area contributed by atoms with Gasteiger partial charge in [-0.25, -0.2) is 0 Å². The lowest BCUT2D eigenvalue weighted by Gasteiger charge is -2.12. The van der Waals surface area contributed by atoms with Gasteiger partial charge in [0.25, 0.3) is 5.91 Å². The average Bonchev–Trinajstić information content (AvgIpc) is 2.86. The first kappa shape index (κ1) is 22.0.